The molecule has 2 atom stereocenters. The van der Waals surface area contributed by atoms with Crippen molar-refractivity contribution in [3.8, 4) is 0 Å². The molecule has 1 heterocycles. The van der Waals surface area contributed by atoms with Crippen LogP contribution < -0.4 is 11.1 Å². The quantitative estimate of drug-likeness (QED) is 0.900. The summed E-state index contributed by atoms with van der Waals surface area (Å²) in [5, 5.41) is 3.37. The second-order valence-electron chi connectivity index (χ2n) is 4.94. The fraction of sp³-hybridized carbons (Fsp3) is 0.667. The van der Waals surface area contributed by atoms with Gasteiger partial charge in [-0.25, -0.2) is 9.97 Å². The molecule has 2 unspecified atom stereocenters. The van der Waals surface area contributed by atoms with Crippen molar-refractivity contribution >= 4 is 27.6 Å². The first kappa shape index (κ1) is 12.6. The Balaban J connectivity index is 1.91. The van der Waals surface area contributed by atoms with Crippen molar-refractivity contribution in [3.05, 3.63) is 10.8 Å². The molecule has 2 rings (SSSR count). The fourth-order valence-corrected chi connectivity index (χ4v) is 2.84. The van der Waals surface area contributed by atoms with Crippen LogP contribution in [0.2, 0.25) is 0 Å². The summed E-state index contributed by atoms with van der Waals surface area (Å²) < 4.78 is 0.767. The van der Waals surface area contributed by atoms with Gasteiger partial charge in [-0.05, 0) is 40.6 Å². The van der Waals surface area contributed by atoms with Crippen LogP contribution in [0, 0.1) is 11.8 Å². The first-order chi connectivity index (χ1) is 8.16. The lowest BCUT2D eigenvalue weighted by molar-refractivity contribution is 0.293. The van der Waals surface area contributed by atoms with Crippen molar-refractivity contribution in [1.29, 1.82) is 0 Å². The third-order valence-electron chi connectivity index (χ3n) is 3.42. The largest absolute Gasteiger partial charge is 0.383 e. The number of nitrogen functional groups attached to an aromatic ring is 1. The van der Waals surface area contributed by atoms with Gasteiger partial charge >= 0.3 is 0 Å². The van der Waals surface area contributed by atoms with E-state index in [2.05, 4.69) is 38.1 Å². The molecule has 1 fully saturated rings. The van der Waals surface area contributed by atoms with E-state index >= 15 is 0 Å². The van der Waals surface area contributed by atoms with Gasteiger partial charge in [-0.15, -0.1) is 0 Å². The van der Waals surface area contributed by atoms with Gasteiger partial charge in [0.25, 0.3) is 0 Å². The van der Waals surface area contributed by atoms with E-state index in [1.54, 1.807) is 0 Å². The van der Waals surface area contributed by atoms with Crippen LogP contribution >= 0.6 is 15.9 Å². The molecule has 0 aromatic carbocycles. The maximum Gasteiger partial charge on any atom is 0.145 e. The molecule has 3 N–H and O–H groups in total. The molecule has 4 nitrogen and oxygen atoms in total. The number of hydrogen-bond acceptors (Lipinski definition) is 4. The van der Waals surface area contributed by atoms with Gasteiger partial charge in [0.05, 0.1) is 0 Å². The van der Waals surface area contributed by atoms with Crippen molar-refractivity contribution in [2.24, 2.45) is 11.8 Å². The number of hydrogen-bond donors (Lipinski definition) is 2. The zero-order valence-corrected chi connectivity index (χ0v) is 11.7. The van der Waals surface area contributed by atoms with Gasteiger partial charge in [-0.2, -0.15) is 0 Å². The van der Waals surface area contributed by atoms with Crippen LogP contribution in [0.4, 0.5) is 11.6 Å². The molecule has 1 aliphatic carbocycles. The van der Waals surface area contributed by atoms with Crippen molar-refractivity contribution in [1.82, 2.24) is 9.97 Å². The summed E-state index contributed by atoms with van der Waals surface area (Å²) in [6.07, 6.45) is 6.84. The second kappa shape index (κ2) is 5.67. The van der Waals surface area contributed by atoms with E-state index in [-0.39, 0.29) is 0 Å². The van der Waals surface area contributed by atoms with Gasteiger partial charge in [-0.3, -0.25) is 0 Å². The third kappa shape index (κ3) is 3.31. The zero-order chi connectivity index (χ0) is 12.3. The molecule has 1 aliphatic rings. The lowest BCUT2D eigenvalue weighted by Gasteiger charge is -2.27. The number of anilines is 2. The van der Waals surface area contributed by atoms with Crippen LogP contribution in [0.3, 0.4) is 0 Å². The number of aromatic nitrogens is 2. The Morgan fingerprint density at radius 2 is 2.29 bits per heavy atom. The monoisotopic (exact) mass is 298 g/mol. The van der Waals surface area contributed by atoms with Gasteiger partial charge in [0.15, 0.2) is 0 Å². The molecule has 0 bridgehead atoms. The van der Waals surface area contributed by atoms with Crippen molar-refractivity contribution in [2.45, 2.75) is 32.6 Å². The molecule has 0 amide bonds. The van der Waals surface area contributed by atoms with Gasteiger partial charge < -0.3 is 11.1 Å². The highest BCUT2D eigenvalue weighted by Gasteiger charge is 2.19. The highest BCUT2D eigenvalue weighted by atomic mass is 79.9. The number of nitrogens with two attached hydrogens (primary N) is 1. The van der Waals surface area contributed by atoms with Crippen LogP contribution in [0.25, 0.3) is 0 Å². The highest BCUT2D eigenvalue weighted by Crippen LogP contribution is 2.30. The lowest BCUT2D eigenvalue weighted by Crippen LogP contribution is -2.21. The Morgan fingerprint density at radius 3 is 3.06 bits per heavy atom. The Labute approximate surface area is 111 Å². The first-order valence-electron chi connectivity index (χ1n) is 6.16. The van der Waals surface area contributed by atoms with Gasteiger partial charge in [-0.1, -0.05) is 19.8 Å². The predicted octanol–water partition coefficient (Wildman–Crippen LogP) is 3.06. The number of nitrogens with one attached hydrogen (secondary N) is 1. The second-order valence-corrected chi connectivity index (χ2v) is 5.73. The molecule has 1 saturated carbocycles. The Morgan fingerprint density at radius 1 is 1.47 bits per heavy atom. The molecule has 1 aromatic rings. The maximum atomic E-state index is 5.71. The molecule has 0 radical (unpaired) electrons. The van der Waals surface area contributed by atoms with Gasteiger partial charge in [0.1, 0.15) is 22.4 Å². The molecular weight excluding hydrogens is 280 g/mol. The number of rotatable bonds is 3. The summed E-state index contributed by atoms with van der Waals surface area (Å²) >= 11 is 3.40. The normalized spacial score (nSPS) is 24.6. The molecule has 5 heteroatoms. The summed E-state index contributed by atoms with van der Waals surface area (Å²) in [6.45, 7) is 3.31. The first-order valence-corrected chi connectivity index (χ1v) is 6.96. The highest BCUT2D eigenvalue weighted by molar-refractivity contribution is 9.10. The summed E-state index contributed by atoms with van der Waals surface area (Å²) in [5.74, 6) is 2.89. The average Bonchev–Trinajstić information content (AvgIpc) is 2.31. The van der Waals surface area contributed by atoms with E-state index in [0.717, 1.165) is 28.7 Å². The summed E-state index contributed by atoms with van der Waals surface area (Å²) in [4.78, 5) is 8.12. The summed E-state index contributed by atoms with van der Waals surface area (Å²) in [5.41, 5.74) is 5.71. The van der Waals surface area contributed by atoms with Crippen molar-refractivity contribution in [2.75, 3.05) is 17.6 Å². The van der Waals surface area contributed by atoms with Crippen LogP contribution in [0.15, 0.2) is 10.8 Å². The molecule has 0 spiro atoms. The Kier molecular flexibility index (Phi) is 4.20. The number of halogens is 1. The van der Waals surface area contributed by atoms with Crippen molar-refractivity contribution in [3.63, 3.8) is 0 Å². The van der Waals surface area contributed by atoms with E-state index in [4.69, 9.17) is 5.73 Å². The van der Waals surface area contributed by atoms with Crippen LogP contribution in [-0.2, 0) is 0 Å². The molecule has 17 heavy (non-hydrogen) atoms. The smallest absolute Gasteiger partial charge is 0.145 e. The van der Waals surface area contributed by atoms with Crippen molar-refractivity contribution < 1.29 is 0 Å². The van der Waals surface area contributed by atoms with E-state index in [1.165, 1.54) is 32.0 Å². The molecule has 1 aromatic heterocycles. The average molecular weight is 299 g/mol. The topological polar surface area (TPSA) is 63.8 Å². The number of nitrogens with zero attached hydrogens (tertiary/aromatic N) is 2. The van der Waals surface area contributed by atoms with Crippen LogP contribution in [0.1, 0.15) is 32.6 Å². The van der Waals surface area contributed by atoms with E-state index in [1.807, 2.05) is 0 Å². The van der Waals surface area contributed by atoms with E-state index in [0.29, 0.717) is 5.82 Å². The van der Waals surface area contributed by atoms with E-state index < -0.39 is 0 Å². The summed E-state index contributed by atoms with van der Waals surface area (Å²) in [6, 6.07) is 0. The maximum absolute atomic E-state index is 5.71. The molecule has 0 aliphatic heterocycles. The van der Waals surface area contributed by atoms with Crippen LogP contribution in [-0.4, -0.2) is 16.5 Å². The van der Waals surface area contributed by atoms with Gasteiger partial charge in [0, 0.05) is 6.54 Å². The Bertz CT molecular complexity index is 383. The lowest BCUT2D eigenvalue weighted by atomic mass is 9.82. The SMILES string of the molecule is CC1CCCC(CNc2ncnc(N)c2Br)C1. The standard InChI is InChI=1S/C12H19BrN4/c1-8-3-2-4-9(5-8)6-15-12-10(13)11(14)16-7-17-12/h7-9H,2-6H2,1H3,(H3,14,15,16,17). The zero-order valence-electron chi connectivity index (χ0n) is 10.1. The van der Waals surface area contributed by atoms with E-state index in [9.17, 15) is 0 Å². The molecular formula is C12H19BrN4. The summed E-state index contributed by atoms with van der Waals surface area (Å²) in [7, 11) is 0. The van der Waals surface area contributed by atoms with Crippen LogP contribution in [0.5, 0.6) is 0 Å². The molecule has 94 valence electrons. The minimum absolute atomic E-state index is 0.486. The minimum Gasteiger partial charge on any atom is -0.383 e. The minimum atomic E-state index is 0.486. The predicted molar refractivity (Wildman–Crippen MR) is 73.8 cm³/mol. The third-order valence-corrected chi connectivity index (χ3v) is 4.20. The Hall–Kier alpha value is -0.840. The molecule has 0 saturated heterocycles. The fourth-order valence-electron chi connectivity index (χ4n) is 2.49. The van der Waals surface area contributed by atoms with Gasteiger partial charge in [0.2, 0.25) is 0 Å².